The Hall–Kier alpha value is -3.66. The van der Waals surface area contributed by atoms with E-state index >= 15 is 0 Å². The summed E-state index contributed by atoms with van der Waals surface area (Å²) in [6.45, 7) is 3.53. The molecule has 2 fully saturated rings. The lowest BCUT2D eigenvalue weighted by Crippen LogP contribution is -2.30. The fourth-order valence-electron chi connectivity index (χ4n) is 4.13. The van der Waals surface area contributed by atoms with E-state index in [1.165, 1.54) is 0 Å². The van der Waals surface area contributed by atoms with Gasteiger partial charge in [0, 0.05) is 30.4 Å². The van der Waals surface area contributed by atoms with E-state index in [2.05, 4.69) is 38.2 Å². The van der Waals surface area contributed by atoms with Gasteiger partial charge in [-0.05, 0) is 37.3 Å². The maximum Gasteiger partial charge on any atom is 0.261 e. The summed E-state index contributed by atoms with van der Waals surface area (Å²) in [7, 11) is 0. The summed E-state index contributed by atoms with van der Waals surface area (Å²) < 4.78 is 12.8. The van der Waals surface area contributed by atoms with E-state index in [4.69, 9.17) is 20.0 Å². The van der Waals surface area contributed by atoms with E-state index in [1.807, 2.05) is 23.1 Å². The molecule has 32 heavy (non-hydrogen) atoms. The van der Waals surface area contributed by atoms with Gasteiger partial charge in [-0.15, -0.1) is 0 Å². The molecule has 2 N–H and O–H groups in total. The van der Waals surface area contributed by atoms with Crippen molar-refractivity contribution in [3.8, 4) is 22.7 Å². The summed E-state index contributed by atoms with van der Waals surface area (Å²) in [5.41, 5.74) is 8.66. The highest BCUT2D eigenvalue weighted by Crippen LogP contribution is 2.50. The second kappa shape index (κ2) is 7.20. The van der Waals surface area contributed by atoms with Crippen molar-refractivity contribution >= 4 is 5.95 Å². The Morgan fingerprint density at radius 3 is 2.50 bits per heavy atom. The maximum absolute atomic E-state index is 5.65. The minimum atomic E-state index is -0.386. The van der Waals surface area contributed by atoms with E-state index in [9.17, 15) is 0 Å². The zero-order chi connectivity index (χ0) is 21.7. The molecule has 1 unspecified atom stereocenters. The third kappa shape index (κ3) is 3.14. The van der Waals surface area contributed by atoms with Crippen LogP contribution >= 0.6 is 0 Å². The molecule has 0 amide bonds. The third-order valence-corrected chi connectivity index (χ3v) is 6.46. The zero-order valence-electron chi connectivity index (χ0n) is 17.5. The van der Waals surface area contributed by atoms with Crippen LogP contribution in [0.1, 0.15) is 37.2 Å². The van der Waals surface area contributed by atoms with Gasteiger partial charge in [-0.25, -0.2) is 9.97 Å². The first kappa shape index (κ1) is 19.1. The number of hydrogen-bond donors (Lipinski definition) is 1. The number of pyridine rings is 1. The number of hydrogen-bond acceptors (Lipinski definition) is 9. The highest BCUT2D eigenvalue weighted by atomic mass is 16.5. The lowest BCUT2D eigenvalue weighted by molar-refractivity contribution is -0.0286. The fraction of sp³-hybridized carbons (Fsp3) is 0.364. The van der Waals surface area contributed by atoms with Crippen LogP contribution in [0.15, 0.2) is 47.6 Å². The highest BCUT2D eigenvalue weighted by Gasteiger charge is 2.47. The van der Waals surface area contributed by atoms with Gasteiger partial charge in [0.2, 0.25) is 5.95 Å². The fourth-order valence-corrected chi connectivity index (χ4v) is 4.13. The number of ether oxygens (including phenoxy) is 1. The highest BCUT2D eigenvalue weighted by molar-refractivity contribution is 5.58. The van der Waals surface area contributed by atoms with Gasteiger partial charge in [0.15, 0.2) is 5.82 Å². The molecule has 4 aromatic rings. The standard InChI is InChI=1S/C22H22N8O2/c1-22(15-2-3-15,16-4-5-18(24-9-16)13-6-25-21(23)26-7-13)20-28-19(32-29-20)14-8-27-30(10-14)17-11-31-12-17/h4-10,15,17H,2-3,11-12H2,1H3,(H2,23,25,26). The SMILES string of the molecule is CC(c1ccc(-c2cnc(N)nc2)nc1)(c1noc(-c2cnn(C3COC3)c2)n1)C1CC1. The van der Waals surface area contributed by atoms with Crippen LogP contribution in [0.3, 0.4) is 0 Å². The van der Waals surface area contributed by atoms with Crippen molar-refractivity contribution in [3.05, 3.63) is 54.5 Å². The van der Waals surface area contributed by atoms with E-state index in [-0.39, 0.29) is 17.4 Å². The molecule has 5 heterocycles. The summed E-state index contributed by atoms with van der Waals surface area (Å²) in [5.74, 6) is 1.82. The summed E-state index contributed by atoms with van der Waals surface area (Å²) in [6, 6.07) is 4.32. The third-order valence-electron chi connectivity index (χ3n) is 6.46. The van der Waals surface area contributed by atoms with Gasteiger partial charge in [-0.2, -0.15) is 10.1 Å². The Bertz CT molecular complexity index is 1240. The molecule has 1 atom stereocenters. The van der Waals surface area contributed by atoms with E-state index in [0.29, 0.717) is 30.8 Å². The topological polar surface area (TPSA) is 131 Å². The molecular weight excluding hydrogens is 408 g/mol. The van der Waals surface area contributed by atoms with Crippen LogP contribution < -0.4 is 5.73 Å². The molecule has 162 valence electrons. The Balaban J connectivity index is 1.31. The van der Waals surface area contributed by atoms with Crippen molar-refractivity contribution in [2.24, 2.45) is 5.92 Å². The largest absolute Gasteiger partial charge is 0.377 e. The predicted octanol–water partition coefficient (Wildman–Crippen LogP) is 2.65. The van der Waals surface area contributed by atoms with Gasteiger partial charge in [-0.1, -0.05) is 11.2 Å². The zero-order valence-corrected chi connectivity index (χ0v) is 17.5. The van der Waals surface area contributed by atoms with Crippen LogP contribution in [0.4, 0.5) is 5.95 Å². The van der Waals surface area contributed by atoms with Crippen molar-refractivity contribution in [1.29, 1.82) is 0 Å². The normalized spacial score (nSPS) is 18.3. The Morgan fingerprint density at radius 2 is 1.84 bits per heavy atom. The second-order valence-corrected chi connectivity index (χ2v) is 8.56. The number of nitrogens with two attached hydrogens (primary N) is 1. The molecule has 4 aromatic heterocycles. The van der Waals surface area contributed by atoms with Crippen molar-refractivity contribution < 1.29 is 9.26 Å². The molecule has 0 spiro atoms. The minimum Gasteiger partial charge on any atom is -0.377 e. The van der Waals surface area contributed by atoms with Crippen molar-refractivity contribution in [2.75, 3.05) is 18.9 Å². The quantitative estimate of drug-likeness (QED) is 0.490. The van der Waals surface area contributed by atoms with E-state index in [1.54, 1.807) is 18.6 Å². The van der Waals surface area contributed by atoms with Crippen LogP contribution in [0, 0.1) is 5.92 Å². The van der Waals surface area contributed by atoms with Gasteiger partial charge in [0.1, 0.15) is 0 Å². The molecule has 10 nitrogen and oxygen atoms in total. The Labute approximate surface area is 183 Å². The van der Waals surface area contributed by atoms with E-state index in [0.717, 1.165) is 35.2 Å². The first-order valence-corrected chi connectivity index (χ1v) is 10.6. The van der Waals surface area contributed by atoms with Crippen LogP contribution in [0.2, 0.25) is 0 Å². The number of nitrogens with zero attached hydrogens (tertiary/aromatic N) is 7. The van der Waals surface area contributed by atoms with Gasteiger partial charge >= 0.3 is 0 Å². The van der Waals surface area contributed by atoms with Gasteiger partial charge in [-0.3, -0.25) is 9.67 Å². The lowest BCUT2D eigenvalue weighted by Gasteiger charge is -2.26. The number of anilines is 1. The number of nitrogen functional groups attached to an aromatic ring is 1. The predicted molar refractivity (Wildman–Crippen MR) is 114 cm³/mol. The summed E-state index contributed by atoms with van der Waals surface area (Å²) >= 11 is 0. The molecule has 10 heteroatoms. The van der Waals surface area contributed by atoms with Crippen molar-refractivity contribution in [2.45, 2.75) is 31.2 Å². The van der Waals surface area contributed by atoms with Crippen molar-refractivity contribution in [1.82, 2.24) is 34.9 Å². The molecule has 1 saturated carbocycles. The molecule has 2 aliphatic rings. The average Bonchev–Trinajstić information content (AvgIpc) is 3.33. The molecule has 0 radical (unpaired) electrons. The van der Waals surface area contributed by atoms with Gasteiger partial charge < -0.3 is 15.0 Å². The monoisotopic (exact) mass is 430 g/mol. The average molecular weight is 430 g/mol. The summed E-state index contributed by atoms with van der Waals surface area (Å²) in [6.07, 6.45) is 11.2. The molecule has 1 aliphatic heterocycles. The molecule has 1 aliphatic carbocycles. The van der Waals surface area contributed by atoms with Crippen LogP contribution in [0.5, 0.6) is 0 Å². The summed E-state index contributed by atoms with van der Waals surface area (Å²) in [4.78, 5) is 17.5. The van der Waals surface area contributed by atoms with Crippen LogP contribution in [0.25, 0.3) is 22.7 Å². The first-order valence-electron chi connectivity index (χ1n) is 10.6. The second-order valence-electron chi connectivity index (χ2n) is 8.56. The van der Waals surface area contributed by atoms with Gasteiger partial charge in [0.05, 0.1) is 42.1 Å². The number of aromatic nitrogens is 7. The molecular formula is C22H22N8O2. The molecule has 1 saturated heterocycles. The Kier molecular flexibility index (Phi) is 4.29. The van der Waals surface area contributed by atoms with Crippen molar-refractivity contribution in [3.63, 3.8) is 0 Å². The minimum absolute atomic E-state index is 0.242. The van der Waals surface area contributed by atoms with Crippen LogP contribution in [-0.2, 0) is 10.2 Å². The number of rotatable bonds is 6. The smallest absolute Gasteiger partial charge is 0.261 e. The van der Waals surface area contributed by atoms with E-state index < -0.39 is 0 Å². The van der Waals surface area contributed by atoms with Crippen LogP contribution in [-0.4, -0.2) is 48.1 Å². The van der Waals surface area contributed by atoms with Gasteiger partial charge in [0.25, 0.3) is 5.89 Å². The summed E-state index contributed by atoms with van der Waals surface area (Å²) in [5, 5.41) is 8.79. The lowest BCUT2D eigenvalue weighted by atomic mass is 9.77. The Morgan fingerprint density at radius 1 is 1.03 bits per heavy atom. The molecule has 0 bridgehead atoms. The molecule has 0 aromatic carbocycles. The first-order chi connectivity index (χ1) is 15.6. The maximum atomic E-state index is 5.65. The molecule has 6 rings (SSSR count).